The number of nitrogens with one attached hydrogen (secondary N) is 1. The minimum absolute atomic E-state index is 0.234. The fourth-order valence-corrected chi connectivity index (χ4v) is 2.57. The highest BCUT2D eigenvalue weighted by Gasteiger charge is 2.35. The number of allylic oxidation sites excluding steroid dienone is 1. The Hall–Kier alpha value is -2.01. The van der Waals surface area contributed by atoms with E-state index in [1.165, 1.54) is 12.0 Å². The first kappa shape index (κ1) is 15.4. The van der Waals surface area contributed by atoms with Gasteiger partial charge in [-0.3, -0.25) is 4.90 Å². The number of ether oxygens (including phenoxy) is 1. The van der Waals surface area contributed by atoms with Crippen molar-refractivity contribution in [1.29, 1.82) is 0 Å². The Morgan fingerprint density at radius 1 is 1.38 bits per heavy atom. The van der Waals surface area contributed by atoms with Crippen molar-refractivity contribution in [3.8, 4) is 0 Å². The highest BCUT2D eigenvalue weighted by Crippen LogP contribution is 2.31. The Morgan fingerprint density at radius 3 is 2.52 bits per heavy atom. The van der Waals surface area contributed by atoms with Gasteiger partial charge >= 0.3 is 12.0 Å². The van der Waals surface area contributed by atoms with E-state index in [-0.39, 0.29) is 6.03 Å². The van der Waals surface area contributed by atoms with Crippen molar-refractivity contribution in [2.24, 2.45) is 0 Å². The van der Waals surface area contributed by atoms with Crippen LogP contribution in [0.4, 0.5) is 4.79 Å². The number of benzene rings is 1. The van der Waals surface area contributed by atoms with Crippen molar-refractivity contribution in [1.82, 2.24) is 10.2 Å². The van der Waals surface area contributed by atoms with E-state index in [2.05, 4.69) is 5.32 Å². The Balaban J connectivity index is 2.52. The van der Waals surface area contributed by atoms with Crippen molar-refractivity contribution >= 4 is 23.6 Å². The van der Waals surface area contributed by atoms with Crippen LogP contribution in [0.5, 0.6) is 0 Å². The van der Waals surface area contributed by atoms with E-state index in [1.54, 1.807) is 31.2 Å². The molecule has 21 heavy (non-hydrogen) atoms. The molecule has 6 heteroatoms. The van der Waals surface area contributed by atoms with E-state index < -0.39 is 12.0 Å². The van der Waals surface area contributed by atoms with Gasteiger partial charge in [-0.2, -0.15) is 0 Å². The molecule has 0 spiro atoms. The number of urea groups is 1. The predicted octanol–water partition coefficient (Wildman–Crippen LogP) is 2.87. The van der Waals surface area contributed by atoms with Gasteiger partial charge in [0.25, 0.3) is 0 Å². The fourth-order valence-electron chi connectivity index (χ4n) is 2.44. The molecule has 0 saturated carbocycles. The van der Waals surface area contributed by atoms with Gasteiger partial charge < -0.3 is 10.1 Å². The third-order valence-corrected chi connectivity index (χ3v) is 3.77. The number of nitrogens with zero attached hydrogens (tertiary/aromatic N) is 1. The van der Waals surface area contributed by atoms with Crippen LogP contribution < -0.4 is 5.32 Å². The molecular weight excluding hydrogens is 292 g/mol. The van der Waals surface area contributed by atoms with Gasteiger partial charge in [0.2, 0.25) is 0 Å². The number of carbonyl (C=O) groups excluding carboxylic acids is 2. The maximum absolute atomic E-state index is 12.1. The van der Waals surface area contributed by atoms with Gasteiger partial charge in [0, 0.05) is 17.3 Å². The Morgan fingerprint density at radius 2 is 2.00 bits per heavy atom. The zero-order valence-electron chi connectivity index (χ0n) is 12.1. The number of esters is 1. The molecule has 2 rings (SSSR count). The highest BCUT2D eigenvalue weighted by molar-refractivity contribution is 6.30. The molecule has 2 amide bonds. The molecule has 1 heterocycles. The van der Waals surface area contributed by atoms with Crippen LogP contribution in [0.15, 0.2) is 35.5 Å². The Kier molecular flexibility index (Phi) is 4.53. The predicted molar refractivity (Wildman–Crippen MR) is 79.8 cm³/mol. The molecular formula is C15H17ClN2O3. The quantitative estimate of drug-likeness (QED) is 0.874. The van der Waals surface area contributed by atoms with Crippen LogP contribution in [-0.2, 0) is 9.53 Å². The number of carbonyl (C=O) groups is 2. The lowest BCUT2D eigenvalue weighted by Gasteiger charge is -2.34. The molecule has 0 aromatic heterocycles. The van der Waals surface area contributed by atoms with Crippen molar-refractivity contribution in [3.63, 3.8) is 0 Å². The van der Waals surface area contributed by atoms with E-state index in [1.807, 2.05) is 6.92 Å². The van der Waals surface area contributed by atoms with Crippen LogP contribution in [0.3, 0.4) is 0 Å². The molecule has 1 aromatic rings. The number of hydrogen-bond acceptors (Lipinski definition) is 3. The monoisotopic (exact) mass is 308 g/mol. The molecule has 0 radical (unpaired) electrons. The second kappa shape index (κ2) is 6.18. The van der Waals surface area contributed by atoms with Gasteiger partial charge in [0.1, 0.15) is 0 Å². The summed E-state index contributed by atoms with van der Waals surface area (Å²) >= 11 is 5.88. The molecule has 1 atom stereocenters. The zero-order valence-corrected chi connectivity index (χ0v) is 12.9. The summed E-state index contributed by atoms with van der Waals surface area (Å²) in [5, 5.41) is 3.43. The molecule has 1 aromatic carbocycles. The first-order chi connectivity index (χ1) is 9.99. The van der Waals surface area contributed by atoms with Crippen LogP contribution in [0, 0.1) is 0 Å². The van der Waals surface area contributed by atoms with Gasteiger partial charge in [0.05, 0.1) is 18.7 Å². The molecule has 0 bridgehead atoms. The average molecular weight is 309 g/mol. The van der Waals surface area contributed by atoms with Crippen molar-refractivity contribution in [2.75, 3.05) is 13.7 Å². The summed E-state index contributed by atoms with van der Waals surface area (Å²) in [5.74, 6) is -0.453. The minimum atomic E-state index is -0.537. The maximum atomic E-state index is 12.1. The zero-order chi connectivity index (χ0) is 15.6. The van der Waals surface area contributed by atoms with E-state index in [0.717, 1.165) is 5.56 Å². The summed E-state index contributed by atoms with van der Waals surface area (Å²) in [6, 6.07) is 6.24. The highest BCUT2D eigenvalue weighted by atomic mass is 35.5. The van der Waals surface area contributed by atoms with Gasteiger partial charge in [-0.1, -0.05) is 23.7 Å². The number of amides is 2. The lowest BCUT2D eigenvalue weighted by molar-refractivity contribution is -0.136. The van der Waals surface area contributed by atoms with Crippen molar-refractivity contribution in [2.45, 2.75) is 19.9 Å². The van der Waals surface area contributed by atoms with Crippen LogP contribution in [0.1, 0.15) is 25.5 Å². The standard InChI is InChI=1S/C15H17ClN2O3/c1-4-18-9(2)12(14(19)21-3)13(17-15(18)20)10-5-7-11(16)8-6-10/h5-8,13H,4H2,1-3H3,(H,17,20). The normalized spacial score (nSPS) is 18.6. The topological polar surface area (TPSA) is 58.6 Å². The van der Waals surface area contributed by atoms with Crippen LogP contribution in [0.25, 0.3) is 0 Å². The largest absolute Gasteiger partial charge is 0.466 e. The maximum Gasteiger partial charge on any atom is 0.337 e. The smallest absolute Gasteiger partial charge is 0.337 e. The minimum Gasteiger partial charge on any atom is -0.466 e. The van der Waals surface area contributed by atoms with Gasteiger partial charge in [-0.05, 0) is 31.5 Å². The second-order valence-corrected chi connectivity index (χ2v) is 5.11. The molecule has 5 nitrogen and oxygen atoms in total. The molecule has 1 aliphatic heterocycles. The lowest BCUT2D eigenvalue weighted by atomic mass is 9.95. The molecule has 1 unspecified atom stereocenters. The van der Waals surface area contributed by atoms with Gasteiger partial charge in [-0.25, -0.2) is 9.59 Å². The summed E-state index contributed by atoms with van der Waals surface area (Å²) in [7, 11) is 1.33. The van der Waals surface area contributed by atoms with Gasteiger partial charge in [-0.15, -0.1) is 0 Å². The Bertz CT molecular complexity index is 595. The number of rotatable bonds is 3. The molecule has 112 valence electrons. The summed E-state index contributed by atoms with van der Waals surface area (Å²) in [6.07, 6.45) is 0. The number of methoxy groups -OCH3 is 1. The first-order valence-electron chi connectivity index (χ1n) is 6.62. The molecule has 0 saturated heterocycles. The summed E-state index contributed by atoms with van der Waals surface area (Å²) < 4.78 is 4.86. The molecule has 1 aliphatic rings. The summed E-state index contributed by atoms with van der Waals surface area (Å²) in [4.78, 5) is 25.8. The van der Waals surface area contributed by atoms with E-state index in [9.17, 15) is 9.59 Å². The van der Waals surface area contributed by atoms with E-state index >= 15 is 0 Å². The third-order valence-electron chi connectivity index (χ3n) is 3.52. The van der Waals surface area contributed by atoms with Crippen molar-refractivity contribution in [3.05, 3.63) is 46.1 Å². The SMILES string of the molecule is CCN1C(=O)NC(c2ccc(Cl)cc2)C(C(=O)OC)=C1C. The van der Waals surface area contributed by atoms with Crippen molar-refractivity contribution < 1.29 is 14.3 Å². The fraction of sp³-hybridized carbons (Fsp3) is 0.333. The third kappa shape index (κ3) is 2.88. The summed E-state index contributed by atoms with van der Waals surface area (Å²) in [6.45, 7) is 4.07. The lowest BCUT2D eigenvalue weighted by Crippen LogP contribution is -2.47. The van der Waals surface area contributed by atoms with E-state index in [4.69, 9.17) is 16.3 Å². The second-order valence-electron chi connectivity index (χ2n) is 4.67. The van der Waals surface area contributed by atoms with Gasteiger partial charge in [0.15, 0.2) is 0 Å². The Labute approximate surface area is 128 Å². The van der Waals surface area contributed by atoms with Crippen LogP contribution in [-0.4, -0.2) is 30.6 Å². The molecule has 0 aliphatic carbocycles. The number of halogens is 1. The van der Waals surface area contributed by atoms with Crippen LogP contribution in [0.2, 0.25) is 5.02 Å². The molecule has 0 fully saturated rings. The summed E-state index contributed by atoms with van der Waals surface area (Å²) in [5.41, 5.74) is 1.82. The molecule has 1 N–H and O–H groups in total. The van der Waals surface area contributed by atoms with Crippen LogP contribution >= 0.6 is 11.6 Å². The first-order valence-corrected chi connectivity index (χ1v) is 7.00. The number of hydrogen-bond donors (Lipinski definition) is 1. The average Bonchev–Trinajstić information content (AvgIpc) is 2.47. The van der Waals surface area contributed by atoms with E-state index in [0.29, 0.717) is 22.8 Å².